The van der Waals surface area contributed by atoms with Crippen molar-refractivity contribution in [3.8, 4) is 0 Å². The van der Waals surface area contributed by atoms with Crippen LogP contribution in [0.25, 0.3) is 0 Å². The average Bonchev–Trinajstić information content (AvgIpc) is 2.93. The van der Waals surface area contributed by atoms with Gasteiger partial charge in [-0.15, -0.1) is 0 Å². The van der Waals surface area contributed by atoms with Gasteiger partial charge >= 0.3 is 0 Å². The zero-order chi connectivity index (χ0) is 17.1. The number of aryl methyl sites for hydroxylation is 2. The van der Waals surface area contributed by atoms with Crippen LogP contribution in [0.5, 0.6) is 0 Å². The highest BCUT2D eigenvalue weighted by molar-refractivity contribution is 6.03. The molecule has 0 aromatic heterocycles. The summed E-state index contributed by atoms with van der Waals surface area (Å²) in [6, 6.07) is 12.2. The Hall–Kier alpha value is -2.42. The van der Waals surface area contributed by atoms with Gasteiger partial charge in [0.25, 0.3) is 5.91 Å². The fraction of sp³-hybridized carbons (Fsp3) is 0.333. The standard InChI is InChI=1S/C21H21NO2/c1-13-10-16(14(2)23)18-12-21(22(3)20(24)17(18)11-13)9-8-15-6-4-5-7-19(15)21/h4-7,10-11H,8-9,12H2,1-3H3. The minimum atomic E-state index is -0.319. The first-order valence-electron chi connectivity index (χ1n) is 8.45. The zero-order valence-corrected chi connectivity index (χ0v) is 14.3. The third-order valence-electron chi connectivity index (χ3n) is 5.75. The molecule has 1 atom stereocenters. The lowest BCUT2D eigenvalue weighted by Gasteiger charge is -2.44. The van der Waals surface area contributed by atoms with Crippen molar-refractivity contribution >= 4 is 11.7 Å². The number of rotatable bonds is 1. The number of likely N-dealkylation sites (N-methyl/N-ethyl adjacent to an activating group) is 1. The van der Waals surface area contributed by atoms with Gasteiger partial charge < -0.3 is 4.90 Å². The second-order valence-corrected chi connectivity index (χ2v) is 7.12. The van der Waals surface area contributed by atoms with Crippen LogP contribution >= 0.6 is 0 Å². The van der Waals surface area contributed by atoms with E-state index >= 15 is 0 Å². The van der Waals surface area contributed by atoms with Gasteiger partial charge in [0.05, 0.1) is 5.54 Å². The number of Topliss-reactive ketones (excluding diaryl/α,β-unsaturated/α-hetero) is 1. The van der Waals surface area contributed by atoms with Gasteiger partial charge in [0.2, 0.25) is 0 Å². The van der Waals surface area contributed by atoms with E-state index in [9.17, 15) is 9.59 Å². The van der Waals surface area contributed by atoms with Gasteiger partial charge in [-0.2, -0.15) is 0 Å². The molecule has 0 radical (unpaired) electrons. The van der Waals surface area contributed by atoms with Crippen LogP contribution in [-0.2, 0) is 18.4 Å². The van der Waals surface area contributed by atoms with Crippen LogP contribution in [0.15, 0.2) is 36.4 Å². The molecule has 1 unspecified atom stereocenters. The van der Waals surface area contributed by atoms with Crippen molar-refractivity contribution in [1.82, 2.24) is 4.90 Å². The molecule has 2 aromatic rings. The first-order valence-corrected chi connectivity index (χ1v) is 8.45. The third kappa shape index (κ3) is 1.90. The minimum absolute atomic E-state index is 0.0270. The van der Waals surface area contributed by atoms with Gasteiger partial charge in [-0.3, -0.25) is 9.59 Å². The summed E-state index contributed by atoms with van der Waals surface area (Å²) < 4.78 is 0. The molecule has 1 amide bonds. The number of benzene rings is 2. The van der Waals surface area contributed by atoms with Crippen molar-refractivity contribution in [1.29, 1.82) is 0 Å². The summed E-state index contributed by atoms with van der Waals surface area (Å²) >= 11 is 0. The normalized spacial score (nSPS) is 21.8. The molecule has 3 heteroatoms. The summed E-state index contributed by atoms with van der Waals surface area (Å²) in [5, 5.41) is 0. The fourth-order valence-corrected chi connectivity index (χ4v) is 4.50. The van der Waals surface area contributed by atoms with Crippen LogP contribution in [-0.4, -0.2) is 23.6 Å². The van der Waals surface area contributed by atoms with Crippen LogP contribution < -0.4 is 0 Å². The Morgan fingerprint density at radius 1 is 1.21 bits per heavy atom. The number of hydrogen-bond acceptors (Lipinski definition) is 2. The minimum Gasteiger partial charge on any atom is -0.332 e. The largest absolute Gasteiger partial charge is 0.332 e. The molecular weight excluding hydrogens is 298 g/mol. The Morgan fingerprint density at radius 2 is 1.96 bits per heavy atom. The van der Waals surface area contributed by atoms with E-state index < -0.39 is 0 Å². The maximum absolute atomic E-state index is 13.1. The van der Waals surface area contributed by atoms with Crippen molar-refractivity contribution in [2.45, 2.75) is 38.6 Å². The smallest absolute Gasteiger partial charge is 0.254 e. The Balaban J connectivity index is 1.96. The number of carbonyl (C=O) groups excluding carboxylic acids is 2. The highest BCUT2D eigenvalue weighted by Gasteiger charge is 2.48. The molecule has 2 aliphatic rings. The zero-order valence-electron chi connectivity index (χ0n) is 14.3. The average molecular weight is 319 g/mol. The molecule has 24 heavy (non-hydrogen) atoms. The van der Waals surface area contributed by atoms with Crippen LogP contribution in [0.2, 0.25) is 0 Å². The molecule has 1 heterocycles. The molecule has 0 bridgehead atoms. The highest BCUT2D eigenvalue weighted by atomic mass is 16.2. The Morgan fingerprint density at radius 3 is 2.71 bits per heavy atom. The quantitative estimate of drug-likeness (QED) is 0.752. The van der Waals surface area contributed by atoms with Gasteiger partial charge in [-0.05, 0) is 61.1 Å². The van der Waals surface area contributed by atoms with E-state index in [1.807, 2.05) is 37.1 Å². The fourth-order valence-electron chi connectivity index (χ4n) is 4.50. The van der Waals surface area contributed by atoms with Gasteiger partial charge in [0.15, 0.2) is 5.78 Å². The first-order chi connectivity index (χ1) is 11.4. The predicted molar refractivity (Wildman–Crippen MR) is 93.4 cm³/mol. The van der Waals surface area contributed by atoms with Gasteiger partial charge in [-0.25, -0.2) is 0 Å². The summed E-state index contributed by atoms with van der Waals surface area (Å²) in [4.78, 5) is 27.2. The molecule has 4 rings (SSSR count). The van der Waals surface area contributed by atoms with Crippen LogP contribution in [0.3, 0.4) is 0 Å². The van der Waals surface area contributed by atoms with Gasteiger partial charge in [-0.1, -0.05) is 24.3 Å². The maximum Gasteiger partial charge on any atom is 0.254 e. The number of ketones is 1. The molecule has 122 valence electrons. The number of hydrogen-bond donors (Lipinski definition) is 0. The number of nitrogens with zero attached hydrogens (tertiary/aromatic N) is 1. The molecule has 1 aliphatic carbocycles. The van der Waals surface area contributed by atoms with E-state index in [1.54, 1.807) is 6.92 Å². The van der Waals surface area contributed by atoms with Crippen molar-refractivity contribution in [2.24, 2.45) is 0 Å². The van der Waals surface area contributed by atoms with Crippen molar-refractivity contribution in [3.05, 3.63) is 69.8 Å². The van der Waals surface area contributed by atoms with Crippen LogP contribution in [0.1, 0.15) is 56.3 Å². The molecule has 0 saturated carbocycles. The monoisotopic (exact) mass is 319 g/mol. The maximum atomic E-state index is 13.1. The molecule has 2 aromatic carbocycles. The molecular formula is C21H21NO2. The van der Waals surface area contributed by atoms with E-state index in [2.05, 4.69) is 18.2 Å². The SMILES string of the molecule is CC(=O)c1cc(C)cc2c1CC1(CCc3ccccc31)N(C)C2=O. The van der Waals surface area contributed by atoms with E-state index in [0.29, 0.717) is 11.1 Å². The van der Waals surface area contributed by atoms with E-state index in [1.165, 1.54) is 11.1 Å². The third-order valence-corrected chi connectivity index (χ3v) is 5.75. The van der Waals surface area contributed by atoms with Gasteiger partial charge in [0.1, 0.15) is 0 Å². The summed E-state index contributed by atoms with van der Waals surface area (Å²) in [5.41, 5.74) is 5.52. The molecule has 0 N–H and O–H groups in total. The van der Waals surface area contributed by atoms with Crippen LogP contribution in [0, 0.1) is 6.92 Å². The lowest BCUT2D eigenvalue weighted by Crippen LogP contribution is -2.51. The molecule has 3 nitrogen and oxygen atoms in total. The van der Waals surface area contributed by atoms with Gasteiger partial charge in [0, 0.05) is 24.6 Å². The van der Waals surface area contributed by atoms with E-state index in [-0.39, 0.29) is 17.2 Å². The van der Waals surface area contributed by atoms with Crippen molar-refractivity contribution in [3.63, 3.8) is 0 Å². The summed E-state index contributed by atoms with van der Waals surface area (Å²) in [6.45, 7) is 3.53. The number of carbonyl (C=O) groups is 2. The molecule has 0 fully saturated rings. The second kappa shape index (κ2) is 5.04. The predicted octanol–water partition coefficient (Wildman–Crippen LogP) is 3.67. The molecule has 0 saturated heterocycles. The summed E-state index contributed by atoms with van der Waals surface area (Å²) in [6.07, 6.45) is 2.61. The number of fused-ring (bicyclic) bond motifs is 3. The topological polar surface area (TPSA) is 37.4 Å². The Bertz CT molecular complexity index is 883. The van der Waals surface area contributed by atoms with E-state index in [0.717, 1.165) is 30.4 Å². The summed E-state index contributed by atoms with van der Waals surface area (Å²) in [5.74, 6) is 0.0629. The number of amides is 1. The second-order valence-electron chi connectivity index (χ2n) is 7.12. The lowest BCUT2D eigenvalue weighted by molar-refractivity contribution is 0.0504. The first kappa shape index (κ1) is 15.1. The Kier molecular flexibility index (Phi) is 3.17. The molecule has 1 aliphatic heterocycles. The Labute approximate surface area is 142 Å². The lowest BCUT2D eigenvalue weighted by atomic mass is 9.76. The highest BCUT2D eigenvalue weighted by Crippen LogP contribution is 2.47. The van der Waals surface area contributed by atoms with Crippen molar-refractivity contribution < 1.29 is 9.59 Å². The van der Waals surface area contributed by atoms with Crippen LogP contribution in [0.4, 0.5) is 0 Å². The van der Waals surface area contributed by atoms with Crippen molar-refractivity contribution in [2.75, 3.05) is 7.05 Å². The van der Waals surface area contributed by atoms with E-state index in [4.69, 9.17) is 0 Å². The summed E-state index contributed by atoms with van der Waals surface area (Å²) in [7, 11) is 1.91. The molecule has 1 spiro atoms.